The van der Waals surface area contributed by atoms with Crippen LogP contribution in [0.2, 0.25) is 0 Å². The lowest BCUT2D eigenvalue weighted by Gasteiger charge is -2.36. The Bertz CT molecular complexity index is 344. The number of nitrogens with zero attached hydrogens (tertiary/aromatic N) is 1. The molecular weight excluding hydrogens is 256 g/mol. The van der Waals surface area contributed by atoms with Gasteiger partial charge in [-0.05, 0) is 32.1 Å². The highest BCUT2D eigenvalue weighted by molar-refractivity contribution is 7.80. The van der Waals surface area contributed by atoms with Crippen molar-refractivity contribution in [1.82, 2.24) is 4.90 Å². The van der Waals surface area contributed by atoms with Crippen molar-refractivity contribution in [3.8, 4) is 0 Å². The minimum Gasteiger partial charge on any atom is -0.392 e. The van der Waals surface area contributed by atoms with Crippen molar-refractivity contribution in [3.63, 3.8) is 0 Å². The zero-order valence-corrected chi connectivity index (χ0v) is 12.8. The summed E-state index contributed by atoms with van der Waals surface area (Å²) in [7, 11) is 0. The Kier molecular flexibility index (Phi) is 4.82. The highest BCUT2D eigenvalue weighted by Crippen LogP contribution is 2.40. The number of thiocarbonyl (C=S) groups is 1. The minimum absolute atomic E-state index is 0.228. The van der Waals surface area contributed by atoms with Crippen molar-refractivity contribution in [3.05, 3.63) is 0 Å². The highest BCUT2D eigenvalue weighted by atomic mass is 32.1. The van der Waals surface area contributed by atoms with E-state index >= 15 is 0 Å². The maximum absolute atomic E-state index is 13.0. The van der Waals surface area contributed by atoms with Crippen molar-refractivity contribution in [2.75, 3.05) is 6.54 Å². The molecule has 0 aliphatic heterocycles. The molecule has 0 bridgehead atoms. The van der Waals surface area contributed by atoms with Gasteiger partial charge in [-0.3, -0.25) is 4.79 Å². The van der Waals surface area contributed by atoms with Crippen LogP contribution in [0.15, 0.2) is 0 Å². The Morgan fingerprint density at radius 2 is 1.84 bits per heavy atom. The largest absolute Gasteiger partial charge is 0.392 e. The van der Waals surface area contributed by atoms with Gasteiger partial charge in [0.2, 0.25) is 5.91 Å². The van der Waals surface area contributed by atoms with Crippen LogP contribution < -0.4 is 5.73 Å². The first kappa shape index (κ1) is 14.8. The molecule has 0 heterocycles. The second-order valence-electron chi connectivity index (χ2n) is 6.09. The third-order valence-electron chi connectivity index (χ3n) is 4.55. The summed E-state index contributed by atoms with van der Waals surface area (Å²) in [4.78, 5) is 15.5. The fourth-order valence-electron chi connectivity index (χ4n) is 3.25. The second-order valence-corrected chi connectivity index (χ2v) is 6.53. The normalized spacial score (nSPS) is 22.6. The van der Waals surface area contributed by atoms with Gasteiger partial charge in [-0.25, -0.2) is 0 Å². The number of rotatable bonds is 5. The van der Waals surface area contributed by atoms with E-state index in [1.54, 1.807) is 0 Å². The van der Waals surface area contributed by atoms with Crippen molar-refractivity contribution in [2.45, 2.75) is 70.8 Å². The lowest BCUT2D eigenvalue weighted by molar-refractivity contribution is -0.139. The van der Waals surface area contributed by atoms with Crippen LogP contribution in [-0.2, 0) is 4.79 Å². The minimum atomic E-state index is -0.538. The van der Waals surface area contributed by atoms with E-state index in [1.165, 1.54) is 12.8 Å². The Balaban J connectivity index is 2.20. The lowest BCUT2D eigenvalue weighted by Crippen LogP contribution is -2.51. The van der Waals surface area contributed by atoms with E-state index in [9.17, 15) is 4.79 Å². The molecule has 2 N–H and O–H groups in total. The molecule has 2 saturated carbocycles. The van der Waals surface area contributed by atoms with Gasteiger partial charge < -0.3 is 10.6 Å². The van der Waals surface area contributed by atoms with E-state index in [1.807, 2.05) is 0 Å². The van der Waals surface area contributed by atoms with Crippen molar-refractivity contribution < 1.29 is 4.79 Å². The average Bonchev–Trinajstić information content (AvgIpc) is 3.21. The molecule has 0 unspecified atom stereocenters. The number of amides is 1. The van der Waals surface area contributed by atoms with Gasteiger partial charge in [0.15, 0.2) is 0 Å². The van der Waals surface area contributed by atoms with Crippen LogP contribution in [0.3, 0.4) is 0 Å². The van der Waals surface area contributed by atoms with Crippen LogP contribution in [0, 0.1) is 5.41 Å². The van der Waals surface area contributed by atoms with Gasteiger partial charge in [-0.15, -0.1) is 0 Å². The lowest BCUT2D eigenvalue weighted by atomic mass is 9.78. The second kappa shape index (κ2) is 6.21. The number of nitrogens with two attached hydrogens (primary N) is 1. The fourth-order valence-corrected chi connectivity index (χ4v) is 3.54. The molecule has 2 fully saturated rings. The molecule has 108 valence electrons. The quantitative estimate of drug-likeness (QED) is 0.623. The molecule has 0 aromatic rings. The van der Waals surface area contributed by atoms with Crippen LogP contribution >= 0.6 is 12.2 Å². The monoisotopic (exact) mass is 282 g/mol. The number of hydrogen-bond donors (Lipinski definition) is 1. The number of hydrogen-bond acceptors (Lipinski definition) is 2. The van der Waals surface area contributed by atoms with E-state index < -0.39 is 5.41 Å². The van der Waals surface area contributed by atoms with Gasteiger partial charge in [-0.2, -0.15) is 0 Å². The SMILES string of the molecule is CCCN(C(=O)C1(C(N)=S)CCCCCC1)C1CC1. The molecule has 3 nitrogen and oxygen atoms in total. The summed E-state index contributed by atoms with van der Waals surface area (Å²) >= 11 is 5.30. The maximum Gasteiger partial charge on any atom is 0.235 e. The first-order valence-corrected chi connectivity index (χ1v) is 8.13. The Hall–Kier alpha value is -0.640. The molecular formula is C15H26N2OS. The van der Waals surface area contributed by atoms with Crippen molar-refractivity contribution in [1.29, 1.82) is 0 Å². The molecule has 4 heteroatoms. The third-order valence-corrected chi connectivity index (χ3v) is 4.94. The predicted molar refractivity (Wildman–Crippen MR) is 81.9 cm³/mol. The summed E-state index contributed by atoms with van der Waals surface area (Å²) in [6.45, 7) is 2.98. The van der Waals surface area contributed by atoms with Crippen molar-refractivity contribution in [2.24, 2.45) is 11.1 Å². The summed E-state index contributed by atoms with van der Waals surface area (Å²) in [5.41, 5.74) is 5.47. The summed E-state index contributed by atoms with van der Waals surface area (Å²) < 4.78 is 0. The van der Waals surface area contributed by atoms with Gasteiger partial charge in [-0.1, -0.05) is 44.8 Å². The van der Waals surface area contributed by atoms with Gasteiger partial charge in [0.25, 0.3) is 0 Å². The molecule has 19 heavy (non-hydrogen) atoms. The Morgan fingerprint density at radius 1 is 1.26 bits per heavy atom. The van der Waals surface area contributed by atoms with Crippen molar-refractivity contribution >= 4 is 23.1 Å². The van der Waals surface area contributed by atoms with Crippen LogP contribution in [-0.4, -0.2) is 28.4 Å². The first-order valence-electron chi connectivity index (χ1n) is 7.73. The molecule has 0 spiro atoms. The zero-order chi connectivity index (χ0) is 13.9. The molecule has 2 aliphatic rings. The summed E-state index contributed by atoms with van der Waals surface area (Å²) in [6.07, 6.45) is 9.58. The zero-order valence-electron chi connectivity index (χ0n) is 12.0. The van der Waals surface area contributed by atoms with Crippen LogP contribution in [0.25, 0.3) is 0 Å². The highest BCUT2D eigenvalue weighted by Gasteiger charge is 2.46. The molecule has 1 amide bonds. The molecule has 0 saturated heterocycles. The standard InChI is InChI=1S/C15H26N2OS/c1-2-11-17(12-7-8-12)14(18)15(13(16)19)9-5-3-4-6-10-15/h12H,2-11H2,1H3,(H2,16,19). The Morgan fingerprint density at radius 3 is 2.26 bits per heavy atom. The van der Waals surface area contributed by atoms with Crippen LogP contribution in [0.4, 0.5) is 0 Å². The van der Waals surface area contributed by atoms with E-state index in [-0.39, 0.29) is 5.91 Å². The van der Waals surface area contributed by atoms with E-state index in [0.717, 1.165) is 51.5 Å². The van der Waals surface area contributed by atoms with E-state index in [0.29, 0.717) is 11.0 Å². The van der Waals surface area contributed by atoms with Gasteiger partial charge >= 0.3 is 0 Å². The van der Waals surface area contributed by atoms with Gasteiger partial charge in [0.1, 0.15) is 0 Å². The van der Waals surface area contributed by atoms with Gasteiger partial charge in [0, 0.05) is 12.6 Å². The Labute approximate surface area is 121 Å². The summed E-state index contributed by atoms with van der Waals surface area (Å²) in [5.74, 6) is 0.228. The van der Waals surface area contributed by atoms with E-state index in [2.05, 4.69) is 11.8 Å². The molecule has 0 aromatic carbocycles. The summed E-state index contributed by atoms with van der Waals surface area (Å²) in [5, 5.41) is 0. The van der Waals surface area contributed by atoms with Gasteiger partial charge in [0.05, 0.1) is 10.4 Å². The average molecular weight is 282 g/mol. The number of carbonyl (C=O) groups excluding carboxylic acids is 1. The smallest absolute Gasteiger partial charge is 0.235 e. The van der Waals surface area contributed by atoms with E-state index in [4.69, 9.17) is 18.0 Å². The van der Waals surface area contributed by atoms with Crippen LogP contribution in [0.5, 0.6) is 0 Å². The number of carbonyl (C=O) groups is 1. The predicted octanol–water partition coefficient (Wildman–Crippen LogP) is 3.01. The molecule has 0 atom stereocenters. The maximum atomic E-state index is 13.0. The first-order chi connectivity index (χ1) is 9.12. The molecule has 0 radical (unpaired) electrons. The third kappa shape index (κ3) is 3.10. The molecule has 2 rings (SSSR count). The molecule has 2 aliphatic carbocycles. The van der Waals surface area contributed by atoms with Crippen LogP contribution in [0.1, 0.15) is 64.7 Å². The molecule has 0 aromatic heterocycles. The topological polar surface area (TPSA) is 46.3 Å². The summed E-state index contributed by atoms with van der Waals surface area (Å²) in [6, 6.07) is 0.460. The fraction of sp³-hybridized carbons (Fsp3) is 0.867.